The van der Waals surface area contributed by atoms with Crippen molar-refractivity contribution in [2.24, 2.45) is 0 Å². The monoisotopic (exact) mass is 112 g/mol. The Bertz CT molecular complexity index is 179. The van der Waals surface area contributed by atoms with Crippen molar-refractivity contribution in [3.8, 4) is 0 Å². The fourth-order valence-electron chi connectivity index (χ4n) is 0.311. The van der Waals surface area contributed by atoms with E-state index in [0.29, 0.717) is 0 Å². The number of nitrogens with one attached hydrogen (secondary N) is 1. The maximum atomic E-state index is 10.3. The second kappa shape index (κ2) is 1.69. The molecule has 0 saturated carbocycles. The molecular formula is C3H4N4O. The number of ketones is 1. The first-order valence-corrected chi connectivity index (χ1v) is 2.05. The largest absolute Gasteiger partial charge is 0.291 e. The number of tetrazole rings is 1. The Morgan fingerprint density at radius 2 is 2.50 bits per heavy atom. The third kappa shape index (κ3) is 0.699. The van der Waals surface area contributed by atoms with Crippen LogP contribution in [0.15, 0.2) is 0 Å². The third-order valence-electron chi connectivity index (χ3n) is 0.660. The number of aromatic amines is 1. The number of aromatic nitrogens is 4. The summed E-state index contributed by atoms with van der Waals surface area (Å²) in [6.07, 6.45) is 0. The van der Waals surface area contributed by atoms with Gasteiger partial charge in [-0.3, -0.25) is 4.79 Å². The molecule has 1 aromatic rings. The van der Waals surface area contributed by atoms with Crippen molar-refractivity contribution in [1.29, 1.82) is 0 Å². The molecule has 0 spiro atoms. The van der Waals surface area contributed by atoms with E-state index in [0.717, 1.165) is 0 Å². The molecule has 1 heterocycles. The smallest absolute Gasteiger partial charge is 0.239 e. The standard InChI is InChI=1S/C3H4N4O/c1-2(8)3-4-6-7-5-3/h1H3,(H,4,5,6,7). The minimum Gasteiger partial charge on any atom is -0.291 e. The zero-order valence-electron chi connectivity index (χ0n) is 4.25. The van der Waals surface area contributed by atoms with Crippen molar-refractivity contribution >= 4 is 5.78 Å². The second-order valence-corrected chi connectivity index (χ2v) is 1.29. The number of hydrogen-bond donors (Lipinski definition) is 1. The highest BCUT2D eigenvalue weighted by atomic mass is 16.1. The molecule has 5 heteroatoms. The Kier molecular flexibility index (Phi) is 1.03. The predicted molar refractivity (Wildman–Crippen MR) is 24.2 cm³/mol. The maximum Gasteiger partial charge on any atom is 0.239 e. The Hall–Kier alpha value is -1.26. The normalized spacial score (nSPS) is 9.12. The van der Waals surface area contributed by atoms with E-state index >= 15 is 0 Å². The van der Waals surface area contributed by atoms with E-state index in [1.54, 1.807) is 0 Å². The lowest BCUT2D eigenvalue weighted by molar-refractivity contribution is 0.100. The maximum absolute atomic E-state index is 10.3. The van der Waals surface area contributed by atoms with Gasteiger partial charge in [0, 0.05) is 6.92 Å². The molecule has 1 N–H and O–H groups in total. The summed E-state index contributed by atoms with van der Waals surface area (Å²) in [5.41, 5.74) is 0. The van der Waals surface area contributed by atoms with E-state index in [9.17, 15) is 4.79 Å². The minimum absolute atomic E-state index is 0.130. The molecular weight excluding hydrogens is 108 g/mol. The van der Waals surface area contributed by atoms with Crippen LogP contribution in [0.5, 0.6) is 0 Å². The molecule has 42 valence electrons. The lowest BCUT2D eigenvalue weighted by Crippen LogP contribution is -1.93. The van der Waals surface area contributed by atoms with Gasteiger partial charge in [0.1, 0.15) is 0 Å². The SMILES string of the molecule is CC(=O)c1nn[nH]n1. The lowest BCUT2D eigenvalue weighted by Gasteiger charge is -1.74. The van der Waals surface area contributed by atoms with Gasteiger partial charge >= 0.3 is 0 Å². The van der Waals surface area contributed by atoms with Crippen LogP contribution >= 0.6 is 0 Å². The van der Waals surface area contributed by atoms with Gasteiger partial charge in [-0.2, -0.15) is 5.21 Å². The summed E-state index contributed by atoms with van der Waals surface area (Å²) in [4.78, 5) is 10.3. The van der Waals surface area contributed by atoms with Gasteiger partial charge < -0.3 is 0 Å². The molecule has 1 aromatic heterocycles. The van der Waals surface area contributed by atoms with Gasteiger partial charge in [0.15, 0.2) is 0 Å². The molecule has 0 aliphatic heterocycles. The third-order valence-corrected chi connectivity index (χ3v) is 0.660. The highest BCUT2D eigenvalue weighted by Crippen LogP contribution is 1.81. The van der Waals surface area contributed by atoms with Gasteiger partial charge in [-0.05, 0) is 5.21 Å². The fraction of sp³-hybridized carbons (Fsp3) is 0.333. The summed E-state index contributed by atoms with van der Waals surface area (Å²) in [6.45, 7) is 1.38. The quantitative estimate of drug-likeness (QED) is 0.492. The Labute approximate surface area is 45.1 Å². The van der Waals surface area contributed by atoms with Crippen molar-refractivity contribution in [2.75, 3.05) is 0 Å². The Balaban J connectivity index is 2.93. The highest BCUT2D eigenvalue weighted by molar-refractivity contribution is 5.89. The molecule has 0 radical (unpaired) electrons. The van der Waals surface area contributed by atoms with Crippen LogP contribution in [0.25, 0.3) is 0 Å². The minimum atomic E-state index is -0.182. The zero-order valence-corrected chi connectivity index (χ0v) is 4.25. The van der Waals surface area contributed by atoms with Crippen LogP contribution in [-0.2, 0) is 0 Å². The number of carbonyl (C=O) groups excluding carboxylic acids is 1. The number of hydrogen-bond acceptors (Lipinski definition) is 4. The lowest BCUT2D eigenvalue weighted by atomic mass is 10.4. The van der Waals surface area contributed by atoms with Gasteiger partial charge in [0.2, 0.25) is 11.6 Å². The van der Waals surface area contributed by atoms with E-state index in [1.807, 2.05) is 0 Å². The van der Waals surface area contributed by atoms with Gasteiger partial charge in [0.25, 0.3) is 0 Å². The average molecular weight is 112 g/mol. The van der Waals surface area contributed by atoms with E-state index in [4.69, 9.17) is 0 Å². The van der Waals surface area contributed by atoms with Crippen LogP contribution in [0.4, 0.5) is 0 Å². The molecule has 0 aliphatic carbocycles. The van der Waals surface area contributed by atoms with E-state index in [1.165, 1.54) is 6.92 Å². The van der Waals surface area contributed by atoms with Crippen molar-refractivity contribution < 1.29 is 4.79 Å². The summed E-state index contributed by atoms with van der Waals surface area (Å²) in [5, 5.41) is 12.2. The van der Waals surface area contributed by atoms with E-state index < -0.39 is 0 Å². The summed E-state index contributed by atoms with van der Waals surface area (Å²) in [5.74, 6) is -0.0521. The highest BCUT2D eigenvalue weighted by Gasteiger charge is 2.00. The summed E-state index contributed by atoms with van der Waals surface area (Å²) < 4.78 is 0. The first kappa shape index (κ1) is 4.89. The Morgan fingerprint density at radius 3 is 2.75 bits per heavy atom. The molecule has 0 amide bonds. The van der Waals surface area contributed by atoms with Gasteiger partial charge in [0.05, 0.1) is 0 Å². The molecule has 0 aliphatic rings. The molecule has 1 rings (SSSR count). The van der Waals surface area contributed by atoms with E-state index in [-0.39, 0.29) is 11.6 Å². The van der Waals surface area contributed by atoms with E-state index in [2.05, 4.69) is 20.6 Å². The van der Waals surface area contributed by atoms with Crippen molar-refractivity contribution in [3.63, 3.8) is 0 Å². The molecule has 0 atom stereocenters. The molecule has 0 unspecified atom stereocenters. The number of rotatable bonds is 1. The molecule has 0 saturated heterocycles. The van der Waals surface area contributed by atoms with Crippen LogP contribution in [0.3, 0.4) is 0 Å². The first-order chi connectivity index (χ1) is 3.80. The molecule has 0 aromatic carbocycles. The summed E-state index contributed by atoms with van der Waals surface area (Å²) >= 11 is 0. The average Bonchev–Trinajstić information content (AvgIpc) is 2.12. The number of H-pyrrole nitrogens is 1. The predicted octanol–water partition coefficient (Wildman–Crippen LogP) is -0.598. The fourth-order valence-corrected chi connectivity index (χ4v) is 0.311. The van der Waals surface area contributed by atoms with Gasteiger partial charge in [-0.1, -0.05) is 0 Å². The molecule has 5 nitrogen and oxygen atoms in total. The van der Waals surface area contributed by atoms with Crippen LogP contribution in [0.2, 0.25) is 0 Å². The van der Waals surface area contributed by atoms with Crippen LogP contribution in [0, 0.1) is 0 Å². The van der Waals surface area contributed by atoms with Crippen molar-refractivity contribution in [3.05, 3.63) is 5.82 Å². The van der Waals surface area contributed by atoms with Crippen molar-refractivity contribution in [2.45, 2.75) is 6.92 Å². The van der Waals surface area contributed by atoms with Crippen LogP contribution < -0.4 is 0 Å². The van der Waals surface area contributed by atoms with Crippen molar-refractivity contribution in [1.82, 2.24) is 20.6 Å². The Morgan fingerprint density at radius 1 is 1.75 bits per heavy atom. The summed E-state index contributed by atoms with van der Waals surface area (Å²) in [6, 6.07) is 0. The van der Waals surface area contributed by atoms with Crippen LogP contribution in [0.1, 0.15) is 17.5 Å². The topological polar surface area (TPSA) is 71.5 Å². The summed E-state index contributed by atoms with van der Waals surface area (Å²) in [7, 11) is 0. The zero-order chi connectivity index (χ0) is 5.98. The number of carbonyl (C=O) groups is 1. The molecule has 8 heavy (non-hydrogen) atoms. The second-order valence-electron chi connectivity index (χ2n) is 1.29. The molecule has 0 fully saturated rings. The van der Waals surface area contributed by atoms with Crippen LogP contribution in [-0.4, -0.2) is 26.4 Å². The molecule has 0 bridgehead atoms. The number of nitrogens with zero attached hydrogens (tertiary/aromatic N) is 3. The number of Topliss-reactive ketones (excluding diaryl/α,β-unsaturated/α-hetero) is 1. The first-order valence-electron chi connectivity index (χ1n) is 2.05. The van der Waals surface area contributed by atoms with Gasteiger partial charge in [-0.25, -0.2) is 0 Å². The van der Waals surface area contributed by atoms with Gasteiger partial charge in [-0.15, -0.1) is 10.2 Å².